The van der Waals surface area contributed by atoms with Gasteiger partial charge in [-0.1, -0.05) is 12.1 Å². The highest BCUT2D eigenvalue weighted by molar-refractivity contribution is 5.76. The molecule has 0 aliphatic carbocycles. The summed E-state index contributed by atoms with van der Waals surface area (Å²) < 4.78 is 4.18. The lowest BCUT2D eigenvalue weighted by atomic mass is 10.3. The third-order valence-electron chi connectivity index (χ3n) is 3.41. The second kappa shape index (κ2) is 5.17. The summed E-state index contributed by atoms with van der Waals surface area (Å²) in [5.74, 6) is 1.77. The standard InChI is InChI=1S/C15H15N5/c1-2-19-10-9-17-15(19)11-20-13-6-4-3-5-12(13)18-14(20)7-8-16/h3-6,9-10H,2,7,11H2,1H3. The Hall–Kier alpha value is -2.61. The number of hydrogen-bond donors (Lipinski definition) is 0. The number of hydrogen-bond acceptors (Lipinski definition) is 3. The Morgan fingerprint density at radius 1 is 1.25 bits per heavy atom. The van der Waals surface area contributed by atoms with Crippen LogP contribution >= 0.6 is 0 Å². The topological polar surface area (TPSA) is 59.4 Å². The van der Waals surface area contributed by atoms with E-state index < -0.39 is 0 Å². The molecule has 3 rings (SSSR count). The quantitative estimate of drug-likeness (QED) is 0.727. The molecule has 0 N–H and O–H groups in total. The lowest BCUT2D eigenvalue weighted by Crippen LogP contribution is -2.10. The molecule has 0 amide bonds. The van der Waals surface area contributed by atoms with Gasteiger partial charge in [-0.15, -0.1) is 0 Å². The Kier molecular flexibility index (Phi) is 3.21. The molecular weight excluding hydrogens is 250 g/mol. The monoisotopic (exact) mass is 265 g/mol. The molecule has 5 nitrogen and oxygen atoms in total. The van der Waals surface area contributed by atoms with Gasteiger partial charge in [-0.2, -0.15) is 5.26 Å². The van der Waals surface area contributed by atoms with Crippen molar-refractivity contribution < 1.29 is 0 Å². The largest absolute Gasteiger partial charge is 0.334 e. The summed E-state index contributed by atoms with van der Waals surface area (Å²) >= 11 is 0. The predicted octanol–water partition coefficient (Wildman–Crippen LogP) is 2.37. The molecular formula is C15H15N5. The van der Waals surface area contributed by atoms with E-state index in [0.717, 1.165) is 29.2 Å². The van der Waals surface area contributed by atoms with Crippen molar-refractivity contribution >= 4 is 11.0 Å². The van der Waals surface area contributed by atoms with Crippen molar-refractivity contribution in [2.24, 2.45) is 0 Å². The van der Waals surface area contributed by atoms with Crippen molar-refractivity contribution in [2.45, 2.75) is 26.4 Å². The smallest absolute Gasteiger partial charge is 0.128 e. The molecule has 5 heteroatoms. The van der Waals surface area contributed by atoms with E-state index in [1.165, 1.54) is 0 Å². The lowest BCUT2D eigenvalue weighted by Gasteiger charge is -2.09. The molecule has 1 aromatic carbocycles. The predicted molar refractivity (Wildman–Crippen MR) is 76.1 cm³/mol. The Labute approximate surface area is 117 Å². The van der Waals surface area contributed by atoms with Crippen LogP contribution in [0.2, 0.25) is 0 Å². The molecule has 0 atom stereocenters. The fourth-order valence-electron chi connectivity index (χ4n) is 2.43. The van der Waals surface area contributed by atoms with Crippen LogP contribution in [-0.4, -0.2) is 19.1 Å². The van der Waals surface area contributed by atoms with E-state index in [1.807, 2.05) is 36.7 Å². The molecule has 0 unspecified atom stereocenters. The zero-order valence-electron chi connectivity index (χ0n) is 11.3. The molecule has 0 fully saturated rings. The Morgan fingerprint density at radius 3 is 2.90 bits per heavy atom. The van der Waals surface area contributed by atoms with E-state index in [4.69, 9.17) is 5.26 Å². The van der Waals surface area contributed by atoms with Crippen molar-refractivity contribution in [3.8, 4) is 6.07 Å². The Morgan fingerprint density at radius 2 is 2.10 bits per heavy atom. The van der Waals surface area contributed by atoms with Gasteiger partial charge in [0.1, 0.15) is 11.6 Å². The van der Waals surface area contributed by atoms with Crippen LogP contribution in [0.15, 0.2) is 36.7 Å². The first-order valence-electron chi connectivity index (χ1n) is 6.64. The Bertz CT molecular complexity index is 775. The number of nitriles is 1. The Balaban J connectivity index is 2.09. The molecule has 0 radical (unpaired) electrons. The zero-order chi connectivity index (χ0) is 13.9. The average molecular weight is 265 g/mol. The summed E-state index contributed by atoms with van der Waals surface area (Å²) in [7, 11) is 0. The number of para-hydroxylation sites is 2. The second-order valence-corrected chi connectivity index (χ2v) is 4.57. The minimum absolute atomic E-state index is 0.307. The molecule has 100 valence electrons. The minimum Gasteiger partial charge on any atom is -0.334 e. The van der Waals surface area contributed by atoms with E-state index in [9.17, 15) is 0 Å². The van der Waals surface area contributed by atoms with Crippen LogP contribution in [0.25, 0.3) is 11.0 Å². The second-order valence-electron chi connectivity index (χ2n) is 4.57. The summed E-state index contributed by atoms with van der Waals surface area (Å²) in [4.78, 5) is 8.94. The first-order chi connectivity index (χ1) is 9.83. The van der Waals surface area contributed by atoms with E-state index >= 15 is 0 Å². The van der Waals surface area contributed by atoms with Gasteiger partial charge in [-0.05, 0) is 19.1 Å². The number of imidazole rings is 2. The number of rotatable bonds is 4. The summed E-state index contributed by atoms with van der Waals surface area (Å²) in [6.07, 6.45) is 4.09. The number of aromatic nitrogens is 4. The maximum atomic E-state index is 8.97. The fourth-order valence-corrected chi connectivity index (χ4v) is 2.43. The third-order valence-corrected chi connectivity index (χ3v) is 3.41. The van der Waals surface area contributed by atoms with Gasteiger partial charge in [0, 0.05) is 18.9 Å². The molecule has 0 spiro atoms. The van der Waals surface area contributed by atoms with E-state index in [-0.39, 0.29) is 0 Å². The van der Waals surface area contributed by atoms with Crippen LogP contribution in [0.4, 0.5) is 0 Å². The summed E-state index contributed by atoms with van der Waals surface area (Å²) in [5, 5.41) is 8.97. The van der Waals surface area contributed by atoms with Crippen molar-refractivity contribution in [3.63, 3.8) is 0 Å². The minimum atomic E-state index is 0.307. The van der Waals surface area contributed by atoms with Gasteiger partial charge < -0.3 is 9.13 Å². The summed E-state index contributed by atoms with van der Waals surface area (Å²) in [5.41, 5.74) is 1.97. The SMILES string of the molecule is CCn1ccnc1Cn1c(CC#N)nc2ccccc21. The van der Waals surface area contributed by atoms with Crippen molar-refractivity contribution in [3.05, 3.63) is 48.3 Å². The molecule has 2 aromatic heterocycles. The van der Waals surface area contributed by atoms with Gasteiger partial charge >= 0.3 is 0 Å². The van der Waals surface area contributed by atoms with Gasteiger partial charge in [0.25, 0.3) is 0 Å². The van der Waals surface area contributed by atoms with Crippen LogP contribution in [0, 0.1) is 11.3 Å². The van der Waals surface area contributed by atoms with Crippen molar-refractivity contribution in [1.29, 1.82) is 5.26 Å². The highest BCUT2D eigenvalue weighted by Crippen LogP contribution is 2.17. The highest BCUT2D eigenvalue weighted by Gasteiger charge is 2.12. The van der Waals surface area contributed by atoms with E-state index in [0.29, 0.717) is 13.0 Å². The number of fused-ring (bicyclic) bond motifs is 1. The molecule has 3 aromatic rings. The van der Waals surface area contributed by atoms with Crippen LogP contribution in [0.5, 0.6) is 0 Å². The summed E-state index contributed by atoms with van der Waals surface area (Å²) in [6.45, 7) is 3.61. The van der Waals surface area contributed by atoms with Gasteiger partial charge in [0.05, 0.1) is 30.1 Å². The summed E-state index contributed by atoms with van der Waals surface area (Å²) in [6, 6.07) is 10.1. The molecule has 2 heterocycles. The third kappa shape index (κ3) is 2.05. The van der Waals surface area contributed by atoms with E-state index in [2.05, 4.69) is 32.1 Å². The maximum absolute atomic E-state index is 8.97. The lowest BCUT2D eigenvalue weighted by molar-refractivity contribution is 0.646. The van der Waals surface area contributed by atoms with E-state index in [1.54, 1.807) is 0 Å². The van der Waals surface area contributed by atoms with Gasteiger partial charge in [-0.25, -0.2) is 9.97 Å². The number of aryl methyl sites for hydroxylation is 1. The van der Waals surface area contributed by atoms with Gasteiger partial charge in [0.15, 0.2) is 0 Å². The number of nitrogens with zero attached hydrogens (tertiary/aromatic N) is 5. The van der Waals surface area contributed by atoms with Crippen LogP contribution in [0.3, 0.4) is 0 Å². The van der Waals surface area contributed by atoms with Crippen molar-refractivity contribution in [2.75, 3.05) is 0 Å². The van der Waals surface area contributed by atoms with Gasteiger partial charge in [-0.3, -0.25) is 0 Å². The molecule has 0 saturated carbocycles. The molecule has 0 saturated heterocycles. The molecule has 0 aliphatic rings. The molecule has 0 bridgehead atoms. The normalized spacial score (nSPS) is 10.8. The molecule has 20 heavy (non-hydrogen) atoms. The van der Waals surface area contributed by atoms with Gasteiger partial charge in [0.2, 0.25) is 0 Å². The molecule has 0 aliphatic heterocycles. The van der Waals surface area contributed by atoms with Crippen LogP contribution in [-0.2, 0) is 19.5 Å². The number of benzene rings is 1. The fraction of sp³-hybridized carbons (Fsp3) is 0.267. The maximum Gasteiger partial charge on any atom is 0.128 e. The van der Waals surface area contributed by atoms with Crippen LogP contribution < -0.4 is 0 Å². The first kappa shape index (κ1) is 12.4. The zero-order valence-corrected chi connectivity index (χ0v) is 11.3. The highest BCUT2D eigenvalue weighted by atomic mass is 15.1. The van der Waals surface area contributed by atoms with Crippen molar-refractivity contribution in [1.82, 2.24) is 19.1 Å². The van der Waals surface area contributed by atoms with Crippen LogP contribution in [0.1, 0.15) is 18.6 Å². The average Bonchev–Trinajstić information content (AvgIpc) is 3.05. The first-order valence-corrected chi connectivity index (χ1v) is 6.64.